The first kappa shape index (κ1) is 37.5. The van der Waals surface area contributed by atoms with Gasteiger partial charge in [-0.3, -0.25) is 9.80 Å². The zero-order valence-corrected chi connectivity index (χ0v) is 32.8. The first-order valence-corrected chi connectivity index (χ1v) is 23.3. The topological polar surface area (TPSA) is 6.48 Å². The van der Waals surface area contributed by atoms with Crippen molar-refractivity contribution in [2.75, 3.05) is 0 Å². The fourth-order valence-corrected chi connectivity index (χ4v) is 12.9. The summed E-state index contributed by atoms with van der Waals surface area (Å²) in [4.78, 5) is 6.35. The van der Waals surface area contributed by atoms with Gasteiger partial charge in [0.15, 0.2) is 0 Å². The van der Waals surface area contributed by atoms with Crippen molar-refractivity contribution in [1.29, 1.82) is 0 Å². The van der Waals surface area contributed by atoms with E-state index in [1.807, 2.05) is 0 Å². The average molecular weight is 685 g/mol. The number of rotatable bonds is 11. The Morgan fingerprint density at radius 3 is 0.800 bits per heavy atom. The normalized spacial score (nSPS) is 38.0. The molecule has 0 aromatic rings. The molecule has 2 heteroatoms. The van der Waals surface area contributed by atoms with Gasteiger partial charge in [-0.15, -0.1) is 6.58 Å². The van der Waals surface area contributed by atoms with Crippen LogP contribution in [0.2, 0.25) is 0 Å². The summed E-state index contributed by atoms with van der Waals surface area (Å²) in [6.45, 7) is 4.14. The van der Waals surface area contributed by atoms with E-state index in [1.54, 1.807) is 0 Å². The number of hydrogen-bond donors (Lipinski definition) is 0. The molecule has 0 N–H and O–H groups in total. The van der Waals surface area contributed by atoms with Crippen molar-refractivity contribution in [3.05, 3.63) is 37.0 Å². The SMILES string of the molecule is C=CC1CCC(N(C2CCCCC2)C2CCC(/C=C/C3CCC(N(C4CCCCC4)C4CCC(/C=C/C5CCCCC5)CC4)CC3)CC2)CC1. The van der Waals surface area contributed by atoms with E-state index in [4.69, 9.17) is 0 Å². The predicted molar refractivity (Wildman–Crippen MR) is 215 cm³/mol. The van der Waals surface area contributed by atoms with Crippen LogP contribution in [0, 0.1) is 29.6 Å². The van der Waals surface area contributed by atoms with Gasteiger partial charge in [0.2, 0.25) is 0 Å². The van der Waals surface area contributed by atoms with Crippen LogP contribution in [0.15, 0.2) is 37.0 Å². The van der Waals surface area contributed by atoms with Crippen LogP contribution in [0.25, 0.3) is 0 Å². The summed E-state index contributed by atoms with van der Waals surface area (Å²) in [5.74, 6) is 4.23. The molecule has 0 aliphatic heterocycles. The molecule has 0 unspecified atom stereocenters. The van der Waals surface area contributed by atoms with Crippen LogP contribution in [0.5, 0.6) is 0 Å². The molecule has 0 heterocycles. The minimum absolute atomic E-state index is 0.781. The quantitative estimate of drug-likeness (QED) is 0.200. The highest BCUT2D eigenvalue weighted by molar-refractivity contribution is 5.02. The molecule has 7 fully saturated rings. The third-order valence-electron chi connectivity index (χ3n) is 15.9. The maximum absolute atomic E-state index is 4.14. The highest BCUT2D eigenvalue weighted by Crippen LogP contribution is 2.41. The Balaban J connectivity index is 0.880. The lowest BCUT2D eigenvalue weighted by atomic mass is 9.77. The Morgan fingerprint density at radius 2 is 0.500 bits per heavy atom. The van der Waals surface area contributed by atoms with Crippen molar-refractivity contribution in [3.8, 4) is 0 Å². The van der Waals surface area contributed by atoms with Gasteiger partial charge in [-0.2, -0.15) is 0 Å². The Bertz CT molecular complexity index is 1010. The second-order valence-electron chi connectivity index (χ2n) is 19.2. The lowest BCUT2D eigenvalue weighted by Gasteiger charge is -2.49. The van der Waals surface area contributed by atoms with Crippen molar-refractivity contribution in [2.45, 2.75) is 235 Å². The largest absolute Gasteiger partial charge is 0.294 e. The Labute approximate surface area is 310 Å². The van der Waals surface area contributed by atoms with E-state index < -0.39 is 0 Å². The predicted octanol–water partition coefficient (Wildman–Crippen LogP) is 13.4. The van der Waals surface area contributed by atoms with E-state index in [2.05, 4.69) is 46.8 Å². The summed E-state index contributed by atoms with van der Waals surface area (Å²) in [7, 11) is 0. The fraction of sp³-hybridized carbons (Fsp3) is 0.875. The third kappa shape index (κ3) is 10.2. The van der Waals surface area contributed by atoms with Crippen LogP contribution in [0.3, 0.4) is 0 Å². The monoisotopic (exact) mass is 685 g/mol. The molecule has 7 aliphatic carbocycles. The molecule has 0 bridgehead atoms. The van der Waals surface area contributed by atoms with E-state index in [0.717, 1.165) is 65.8 Å². The molecule has 7 aliphatic rings. The average Bonchev–Trinajstić information content (AvgIpc) is 3.19. The Morgan fingerprint density at radius 1 is 0.260 bits per heavy atom. The van der Waals surface area contributed by atoms with Crippen molar-refractivity contribution in [2.24, 2.45) is 29.6 Å². The molecule has 0 aromatic heterocycles. The minimum atomic E-state index is 0.781. The molecule has 0 aromatic carbocycles. The summed E-state index contributed by atoms with van der Waals surface area (Å²) in [6, 6.07) is 5.22. The van der Waals surface area contributed by atoms with Crippen LogP contribution in [-0.4, -0.2) is 46.1 Å². The van der Waals surface area contributed by atoms with E-state index in [0.29, 0.717) is 0 Å². The second-order valence-corrected chi connectivity index (χ2v) is 19.2. The number of nitrogens with zero attached hydrogens (tertiary/aromatic N) is 2. The number of allylic oxidation sites excluding steroid dienone is 5. The smallest absolute Gasteiger partial charge is 0.0102 e. The molecule has 7 saturated carbocycles. The van der Waals surface area contributed by atoms with Crippen molar-refractivity contribution >= 4 is 0 Å². The molecule has 0 saturated heterocycles. The molecule has 0 radical (unpaired) electrons. The van der Waals surface area contributed by atoms with Gasteiger partial charge >= 0.3 is 0 Å². The van der Waals surface area contributed by atoms with Crippen molar-refractivity contribution < 1.29 is 0 Å². The Kier molecular flexibility index (Phi) is 14.6. The second kappa shape index (κ2) is 19.5. The van der Waals surface area contributed by atoms with Crippen LogP contribution in [0.1, 0.15) is 199 Å². The maximum Gasteiger partial charge on any atom is 0.0102 e. The van der Waals surface area contributed by atoms with Crippen LogP contribution < -0.4 is 0 Å². The first-order chi connectivity index (χ1) is 24.7. The van der Waals surface area contributed by atoms with Gasteiger partial charge in [0.25, 0.3) is 0 Å². The molecular weight excluding hydrogens is 605 g/mol. The van der Waals surface area contributed by atoms with Crippen LogP contribution >= 0.6 is 0 Å². The van der Waals surface area contributed by atoms with E-state index in [-0.39, 0.29) is 0 Å². The van der Waals surface area contributed by atoms with E-state index in [9.17, 15) is 0 Å². The van der Waals surface area contributed by atoms with Gasteiger partial charge < -0.3 is 0 Å². The van der Waals surface area contributed by atoms with Crippen LogP contribution in [0.4, 0.5) is 0 Å². The lowest BCUT2D eigenvalue weighted by Crippen LogP contribution is -2.52. The molecule has 0 atom stereocenters. The van der Waals surface area contributed by atoms with E-state index >= 15 is 0 Å². The van der Waals surface area contributed by atoms with Crippen molar-refractivity contribution in [3.63, 3.8) is 0 Å². The van der Waals surface area contributed by atoms with Gasteiger partial charge in [-0.25, -0.2) is 0 Å². The molecule has 50 heavy (non-hydrogen) atoms. The maximum atomic E-state index is 4.14. The van der Waals surface area contributed by atoms with Gasteiger partial charge in [0.1, 0.15) is 0 Å². The highest BCUT2D eigenvalue weighted by atomic mass is 15.2. The number of hydrogen-bond acceptors (Lipinski definition) is 2. The molecule has 7 rings (SSSR count). The fourth-order valence-electron chi connectivity index (χ4n) is 12.9. The molecule has 0 amide bonds. The summed E-state index contributed by atoms with van der Waals surface area (Å²) in [5, 5.41) is 0. The lowest BCUT2D eigenvalue weighted by molar-refractivity contribution is 0.0137. The van der Waals surface area contributed by atoms with Gasteiger partial charge in [-0.1, -0.05) is 88.2 Å². The first-order valence-electron chi connectivity index (χ1n) is 23.3. The molecular formula is C48H80N2. The standard InChI is InChI=1S/C48H80N2/c1-2-38-22-30-45(31-23-38)49(43-14-8-4-9-15-43)46-34-26-41(27-35-46)20-21-42-28-36-48(37-29-42)50(44-16-10-5-11-17-44)47-32-24-40(25-33-47)19-18-39-12-6-3-7-13-39/h2,18-21,38-48H,1,3-17,22-37H2/b19-18+,21-20+. The zero-order valence-electron chi connectivity index (χ0n) is 32.8. The van der Waals surface area contributed by atoms with Gasteiger partial charge in [-0.05, 0) is 171 Å². The molecule has 2 nitrogen and oxygen atoms in total. The summed E-state index contributed by atoms with van der Waals surface area (Å²) >= 11 is 0. The summed E-state index contributed by atoms with van der Waals surface area (Å²) < 4.78 is 0. The molecule has 282 valence electrons. The third-order valence-corrected chi connectivity index (χ3v) is 15.9. The minimum Gasteiger partial charge on any atom is -0.294 e. The highest BCUT2D eigenvalue weighted by Gasteiger charge is 2.38. The summed E-state index contributed by atoms with van der Waals surface area (Å²) in [6.07, 6.45) is 58.2. The van der Waals surface area contributed by atoms with Gasteiger partial charge in [0.05, 0.1) is 0 Å². The Hall–Kier alpha value is -0.860. The van der Waals surface area contributed by atoms with Crippen LogP contribution in [-0.2, 0) is 0 Å². The van der Waals surface area contributed by atoms with Crippen molar-refractivity contribution in [1.82, 2.24) is 9.80 Å². The molecule has 0 spiro atoms. The van der Waals surface area contributed by atoms with Gasteiger partial charge in [0, 0.05) is 36.3 Å². The summed E-state index contributed by atoms with van der Waals surface area (Å²) in [5.41, 5.74) is 0. The van der Waals surface area contributed by atoms with E-state index in [1.165, 1.54) is 199 Å². The zero-order chi connectivity index (χ0) is 34.0.